The number of anilines is 1. The van der Waals surface area contributed by atoms with Crippen LogP contribution in [0, 0.1) is 5.82 Å². The molecule has 0 spiro atoms. The molecule has 0 unspecified atom stereocenters. The van der Waals surface area contributed by atoms with E-state index in [0.717, 1.165) is 5.52 Å². The van der Waals surface area contributed by atoms with E-state index in [9.17, 15) is 4.39 Å². The van der Waals surface area contributed by atoms with Crippen LogP contribution in [0.2, 0.25) is 0 Å². The molecule has 2 rings (SSSR count). The third kappa shape index (κ3) is 1.69. The minimum Gasteiger partial charge on any atom is -0.399 e. The van der Waals surface area contributed by atoms with Crippen molar-refractivity contribution in [2.45, 2.75) is 0 Å². The fourth-order valence-electron chi connectivity index (χ4n) is 1.58. The van der Waals surface area contributed by atoms with Gasteiger partial charge >= 0.3 is 0 Å². The SMILES string of the molecule is C=C(N)c1cc2cc(F)ccc2nc1NC.[HH]. The number of benzene rings is 1. The summed E-state index contributed by atoms with van der Waals surface area (Å²) in [6.07, 6.45) is 0. The molecule has 3 nitrogen and oxygen atoms in total. The number of aromatic nitrogens is 1. The van der Waals surface area contributed by atoms with Crippen molar-refractivity contribution in [3.8, 4) is 0 Å². The van der Waals surface area contributed by atoms with Crippen LogP contribution in [0.1, 0.15) is 6.99 Å². The Balaban J connectivity index is 0.00000144. The van der Waals surface area contributed by atoms with E-state index in [2.05, 4.69) is 16.9 Å². The molecule has 0 aliphatic heterocycles. The van der Waals surface area contributed by atoms with Gasteiger partial charge in [-0.05, 0) is 24.3 Å². The number of nitrogens with two attached hydrogens (primary N) is 1. The Morgan fingerprint density at radius 3 is 2.88 bits per heavy atom. The van der Waals surface area contributed by atoms with Crippen LogP contribution in [0.15, 0.2) is 30.8 Å². The summed E-state index contributed by atoms with van der Waals surface area (Å²) in [5, 5.41) is 3.65. The second-order valence-corrected chi connectivity index (χ2v) is 3.50. The monoisotopic (exact) mass is 219 g/mol. The van der Waals surface area contributed by atoms with Gasteiger partial charge < -0.3 is 11.1 Å². The van der Waals surface area contributed by atoms with Gasteiger partial charge in [0.15, 0.2) is 0 Å². The molecule has 84 valence electrons. The normalized spacial score (nSPS) is 10.4. The van der Waals surface area contributed by atoms with Crippen molar-refractivity contribution in [1.82, 2.24) is 4.98 Å². The van der Waals surface area contributed by atoms with Crippen LogP contribution in [0.4, 0.5) is 10.2 Å². The molecule has 2 aromatic rings. The summed E-state index contributed by atoms with van der Waals surface area (Å²) in [5.74, 6) is 0.353. The third-order valence-corrected chi connectivity index (χ3v) is 2.36. The number of pyridine rings is 1. The van der Waals surface area contributed by atoms with E-state index in [-0.39, 0.29) is 7.24 Å². The summed E-state index contributed by atoms with van der Waals surface area (Å²) in [6, 6.07) is 6.22. The van der Waals surface area contributed by atoms with Gasteiger partial charge in [0.25, 0.3) is 0 Å². The average molecular weight is 219 g/mol. The second kappa shape index (κ2) is 3.81. The molecule has 0 atom stereocenters. The lowest BCUT2D eigenvalue weighted by molar-refractivity contribution is 0.629. The third-order valence-electron chi connectivity index (χ3n) is 2.36. The summed E-state index contributed by atoms with van der Waals surface area (Å²) in [6.45, 7) is 3.67. The molecule has 1 heterocycles. The summed E-state index contributed by atoms with van der Waals surface area (Å²) in [4.78, 5) is 4.34. The summed E-state index contributed by atoms with van der Waals surface area (Å²) < 4.78 is 13.1. The minimum atomic E-state index is -0.292. The van der Waals surface area contributed by atoms with Crippen molar-refractivity contribution in [2.24, 2.45) is 5.73 Å². The molecule has 0 amide bonds. The van der Waals surface area contributed by atoms with Crippen molar-refractivity contribution in [1.29, 1.82) is 0 Å². The minimum absolute atomic E-state index is 0. The molecule has 0 aliphatic carbocycles. The largest absolute Gasteiger partial charge is 0.399 e. The van der Waals surface area contributed by atoms with E-state index in [1.807, 2.05) is 0 Å². The molecule has 0 bridgehead atoms. The van der Waals surface area contributed by atoms with Gasteiger partial charge in [0.1, 0.15) is 11.6 Å². The van der Waals surface area contributed by atoms with E-state index in [1.165, 1.54) is 12.1 Å². The van der Waals surface area contributed by atoms with Crippen LogP contribution in [0.5, 0.6) is 0 Å². The van der Waals surface area contributed by atoms with Gasteiger partial charge in [0.2, 0.25) is 0 Å². The van der Waals surface area contributed by atoms with Crippen LogP contribution in [-0.4, -0.2) is 12.0 Å². The van der Waals surface area contributed by atoms with Crippen LogP contribution in [0.25, 0.3) is 16.6 Å². The molecule has 1 aromatic heterocycles. The fraction of sp³-hybridized carbons (Fsp3) is 0.0833. The van der Waals surface area contributed by atoms with E-state index in [0.29, 0.717) is 22.5 Å². The van der Waals surface area contributed by atoms with Gasteiger partial charge in [-0.25, -0.2) is 9.37 Å². The van der Waals surface area contributed by atoms with Crippen LogP contribution in [-0.2, 0) is 0 Å². The number of nitrogens with zero attached hydrogens (tertiary/aromatic N) is 1. The lowest BCUT2D eigenvalue weighted by atomic mass is 10.1. The molecule has 1 aromatic carbocycles. The number of hydrogen-bond acceptors (Lipinski definition) is 3. The van der Waals surface area contributed by atoms with Gasteiger partial charge in [-0.15, -0.1) is 0 Å². The fourth-order valence-corrected chi connectivity index (χ4v) is 1.58. The first-order valence-corrected chi connectivity index (χ1v) is 4.84. The number of hydrogen-bond donors (Lipinski definition) is 2. The molecule has 0 fully saturated rings. The second-order valence-electron chi connectivity index (χ2n) is 3.50. The molecule has 0 saturated heterocycles. The zero-order valence-electron chi connectivity index (χ0n) is 8.92. The highest BCUT2D eigenvalue weighted by Gasteiger charge is 2.07. The van der Waals surface area contributed by atoms with Crippen molar-refractivity contribution in [2.75, 3.05) is 12.4 Å². The van der Waals surface area contributed by atoms with Crippen molar-refractivity contribution in [3.05, 3.63) is 42.2 Å². The molecule has 0 radical (unpaired) electrons. The Bertz CT molecular complexity index is 569. The Morgan fingerprint density at radius 2 is 2.25 bits per heavy atom. The lowest BCUT2D eigenvalue weighted by Gasteiger charge is -2.09. The quantitative estimate of drug-likeness (QED) is 0.816. The Morgan fingerprint density at radius 1 is 1.50 bits per heavy atom. The van der Waals surface area contributed by atoms with Gasteiger partial charge in [-0.1, -0.05) is 6.58 Å². The standard InChI is InChI=1S/C12H12FN3.H2/c1-7(14)10-6-8-5-9(13)3-4-11(8)16-12(10)15-2;/h3-6H,1,14H2,2H3,(H,15,16);1H. The molecule has 0 aliphatic rings. The summed E-state index contributed by atoms with van der Waals surface area (Å²) in [7, 11) is 1.75. The van der Waals surface area contributed by atoms with E-state index < -0.39 is 0 Å². The van der Waals surface area contributed by atoms with Crippen LogP contribution >= 0.6 is 0 Å². The Labute approximate surface area is 94.3 Å². The van der Waals surface area contributed by atoms with E-state index in [1.54, 1.807) is 19.2 Å². The molecular weight excluding hydrogens is 205 g/mol. The molecule has 4 heteroatoms. The lowest BCUT2D eigenvalue weighted by Crippen LogP contribution is -2.02. The smallest absolute Gasteiger partial charge is 0.135 e. The average Bonchev–Trinajstić information content (AvgIpc) is 2.27. The highest BCUT2D eigenvalue weighted by Crippen LogP contribution is 2.23. The molecule has 16 heavy (non-hydrogen) atoms. The van der Waals surface area contributed by atoms with Crippen molar-refractivity contribution < 1.29 is 5.82 Å². The first kappa shape index (κ1) is 10.4. The summed E-state index contributed by atoms with van der Waals surface area (Å²) >= 11 is 0. The van der Waals surface area contributed by atoms with Crippen LogP contribution in [0.3, 0.4) is 0 Å². The maximum atomic E-state index is 13.1. The highest BCUT2D eigenvalue weighted by atomic mass is 19.1. The van der Waals surface area contributed by atoms with Gasteiger partial charge in [-0.3, -0.25) is 0 Å². The Kier molecular flexibility index (Phi) is 2.48. The maximum absolute atomic E-state index is 13.1. The van der Waals surface area contributed by atoms with E-state index >= 15 is 0 Å². The Hall–Kier alpha value is -2.10. The highest BCUT2D eigenvalue weighted by molar-refractivity contribution is 5.86. The number of nitrogens with one attached hydrogen (secondary N) is 1. The van der Waals surface area contributed by atoms with Gasteiger partial charge in [0.05, 0.1) is 5.52 Å². The molecule has 0 saturated carbocycles. The van der Waals surface area contributed by atoms with Crippen molar-refractivity contribution in [3.63, 3.8) is 0 Å². The molecule has 3 N–H and O–H groups in total. The van der Waals surface area contributed by atoms with Gasteiger partial charge in [0, 0.05) is 25.1 Å². The van der Waals surface area contributed by atoms with E-state index in [4.69, 9.17) is 5.73 Å². The molecular formula is C12H14FN3. The predicted octanol–water partition coefficient (Wildman–Crippen LogP) is 2.59. The number of fused-ring (bicyclic) bond motifs is 1. The van der Waals surface area contributed by atoms with Gasteiger partial charge in [-0.2, -0.15) is 0 Å². The number of rotatable bonds is 2. The number of halogens is 1. The van der Waals surface area contributed by atoms with Crippen molar-refractivity contribution >= 4 is 22.4 Å². The van der Waals surface area contributed by atoms with Crippen LogP contribution < -0.4 is 11.1 Å². The topological polar surface area (TPSA) is 50.9 Å². The first-order chi connectivity index (χ1) is 7.61. The zero-order chi connectivity index (χ0) is 11.7. The zero-order valence-corrected chi connectivity index (χ0v) is 8.92. The first-order valence-electron chi connectivity index (χ1n) is 4.84. The predicted molar refractivity (Wildman–Crippen MR) is 66.6 cm³/mol. The summed E-state index contributed by atoms with van der Waals surface area (Å²) in [5.41, 5.74) is 7.47. The maximum Gasteiger partial charge on any atom is 0.135 e.